The SMILES string of the molecule is COc1cc(-c2cc(N)no2)ccc1C. The largest absolute Gasteiger partial charge is 0.496 e. The minimum Gasteiger partial charge on any atom is -0.496 e. The molecular weight excluding hydrogens is 192 g/mol. The zero-order valence-corrected chi connectivity index (χ0v) is 8.65. The number of aryl methyl sites for hydroxylation is 1. The molecule has 15 heavy (non-hydrogen) atoms. The van der Waals surface area contributed by atoms with E-state index in [0.717, 1.165) is 16.9 Å². The Kier molecular flexibility index (Phi) is 2.33. The number of nitrogen functional groups attached to an aromatic ring is 1. The van der Waals surface area contributed by atoms with Gasteiger partial charge in [0.25, 0.3) is 0 Å². The number of ether oxygens (including phenoxy) is 1. The van der Waals surface area contributed by atoms with Gasteiger partial charge in [0.1, 0.15) is 5.75 Å². The predicted octanol–water partition coefficient (Wildman–Crippen LogP) is 2.24. The van der Waals surface area contributed by atoms with Gasteiger partial charge in [-0.25, -0.2) is 0 Å². The average molecular weight is 204 g/mol. The zero-order chi connectivity index (χ0) is 10.8. The number of hydrogen-bond acceptors (Lipinski definition) is 4. The Morgan fingerprint density at radius 1 is 1.33 bits per heavy atom. The molecule has 1 aromatic carbocycles. The van der Waals surface area contributed by atoms with Crippen LogP contribution in [0.1, 0.15) is 5.56 Å². The van der Waals surface area contributed by atoms with Gasteiger partial charge in [-0.05, 0) is 18.6 Å². The van der Waals surface area contributed by atoms with Crippen molar-refractivity contribution >= 4 is 5.82 Å². The molecule has 78 valence electrons. The Morgan fingerprint density at radius 2 is 2.13 bits per heavy atom. The summed E-state index contributed by atoms with van der Waals surface area (Å²) in [6.07, 6.45) is 0. The second kappa shape index (κ2) is 3.65. The lowest BCUT2D eigenvalue weighted by Crippen LogP contribution is -1.87. The van der Waals surface area contributed by atoms with E-state index >= 15 is 0 Å². The number of hydrogen-bond donors (Lipinski definition) is 1. The van der Waals surface area contributed by atoms with E-state index in [2.05, 4.69) is 5.16 Å². The van der Waals surface area contributed by atoms with E-state index in [-0.39, 0.29) is 0 Å². The van der Waals surface area contributed by atoms with Gasteiger partial charge in [-0.2, -0.15) is 0 Å². The van der Waals surface area contributed by atoms with Crippen molar-refractivity contribution in [1.82, 2.24) is 5.16 Å². The van der Waals surface area contributed by atoms with Crippen LogP contribution in [0.5, 0.6) is 5.75 Å². The second-order valence-corrected chi connectivity index (χ2v) is 3.30. The molecule has 2 N–H and O–H groups in total. The molecule has 0 fully saturated rings. The van der Waals surface area contributed by atoms with Gasteiger partial charge >= 0.3 is 0 Å². The first kappa shape index (κ1) is 9.58. The molecule has 0 bridgehead atoms. The number of methoxy groups -OCH3 is 1. The van der Waals surface area contributed by atoms with Crippen LogP contribution in [0, 0.1) is 6.92 Å². The molecule has 0 spiro atoms. The average Bonchev–Trinajstić information content (AvgIpc) is 2.66. The third-order valence-corrected chi connectivity index (χ3v) is 2.22. The molecule has 0 aliphatic carbocycles. The van der Waals surface area contributed by atoms with Gasteiger partial charge in [0.2, 0.25) is 0 Å². The van der Waals surface area contributed by atoms with Crippen LogP contribution in [0.15, 0.2) is 28.8 Å². The van der Waals surface area contributed by atoms with Crippen LogP contribution >= 0.6 is 0 Å². The Labute approximate surface area is 87.6 Å². The first-order valence-electron chi connectivity index (χ1n) is 4.58. The molecule has 0 radical (unpaired) electrons. The molecule has 0 unspecified atom stereocenters. The number of aromatic nitrogens is 1. The summed E-state index contributed by atoms with van der Waals surface area (Å²) >= 11 is 0. The fraction of sp³-hybridized carbons (Fsp3) is 0.182. The summed E-state index contributed by atoms with van der Waals surface area (Å²) in [5.41, 5.74) is 7.46. The van der Waals surface area contributed by atoms with Gasteiger partial charge in [-0.1, -0.05) is 17.3 Å². The van der Waals surface area contributed by atoms with Crippen LogP contribution in [0.4, 0.5) is 5.82 Å². The van der Waals surface area contributed by atoms with Crippen molar-refractivity contribution in [2.24, 2.45) is 0 Å². The quantitative estimate of drug-likeness (QED) is 0.814. The topological polar surface area (TPSA) is 61.3 Å². The lowest BCUT2D eigenvalue weighted by molar-refractivity contribution is 0.410. The van der Waals surface area contributed by atoms with Crippen LogP contribution in [0.3, 0.4) is 0 Å². The van der Waals surface area contributed by atoms with Crippen molar-refractivity contribution in [3.63, 3.8) is 0 Å². The second-order valence-electron chi connectivity index (χ2n) is 3.30. The van der Waals surface area contributed by atoms with Crippen LogP contribution < -0.4 is 10.5 Å². The minimum absolute atomic E-state index is 0.379. The molecule has 0 amide bonds. The maximum absolute atomic E-state index is 5.48. The Balaban J connectivity index is 2.45. The zero-order valence-electron chi connectivity index (χ0n) is 8.65. The van der Waals surface area contributed by atoms with E-state index in [0.29, 0.717) is 11.6 Å². The number of benzene rings is 1. The predicted molar refractivity (Wildman–Crippen MR) is 57.6 cm³/mol. The van der Waals surface area contributed by atoms with E-state index in [1.165, 1.54) is 0 Å². The smallest absolute Gasteiger partial charge is 0.169 e. The summed E-state index contributed by atoms with van der Waals surface area (Å²) < 4.78 is 10.3. The Morgan fingerprint density at radius 3 is 2.73 bits per heavy atom. The minimum atomic E-state index is 0.379. The fourth-order valence-electron chi connectivity index (χ4n) is 1.40. The number of nitrogens with zero attached hydrogens (tertiary/aromatic N) is 1. The third-order valence-electron chi connectivity index (χ3n) is 2.22. The van der Waals surface area contributed by atoms with Crippen molar-refractivity contribution < 1.29 is 9.26 Å². The first-order valence-corrected chi connectivity index (χ1v) is 4.58. The van der Waals surface area contributed by atoms with Gasteiger partial charge in [-0.3, -0.25) is 0 Å². The first-order chi connectivity index (χ1) is 7.20. The molecule has 0 aliphatic heterocycles. The van der Waals surface area contributed by atoms with Crippen molar-refractivity contribution in [2.45, 2.75) is 6.92 Å². The molecule has 2 aromatic rings. The van der Waals surface area contributed by atoms with E-state index < -0.39 is 0 Å². The lowest BCUT2D eigenvalue weighted by atomic mass is 10.1. The van der Waals surface area contributed by atoms with Gasteiger partial charge in [0, 0.05) is 11.6 Å². The molecule has 0 saturated heterocycles. The van der Waals surface area contributed by atoms with Crippen LogP contribution in [0.25, 0.3) is 11.3 Å². The Bertz CT molecular complexity index is 477. The Hall–Kier alpha value is -1.97. The number of anilines is 1. The standard InChI is InChI=1S/C11H12N2O2/c1-7-3-4-8(5-9(7)14-2)10-6-11(12)13-15-10/h3-6H,1-2H3,(H2,12,13). The highest BCUT2D eigenvalue weighted by molar-refractivity contribution is 5.62. The van der Waals surface area contributed by atoms with Gasteiger partial charge in [-0.15, -0.1) is 0 Å². The third kappa shape index (κ3) is 1.79. The van der Waals surface area contributed by atoms with Gasteiger partial charge < -0.3 is 15.0 Å². The van der Waals surface area contributed by atoms with Crippen LogP contribution in [-0.4, -0.2) is 12.3 Å². The van der Waals surface area contributed by atoms with Crippen LogP contribution in [-0.2, 0) is 0 Å². The highest BCUT2D eigenvalue weighted by atomic mass is 16.5. The summed E-state index contributed by atoms with van der Waals surface area (Å²) in [6.45, 7) is 1.98. The van der Waals surface area contributed by atoms with Gasteiger partial charge in [0.05, 0.1) is 7.11 Å². The van der Waals surface area contributed by atoms with Crippen molar-refractivity contribution in [2.75, 3.05) is 12.8 Å². The fourth-order valence-corrected chi connectivity index (χ4v) is 1.40. The molecule has 2 rings (SSSR count). The van der Waals surface area contributed by atoms with Gasteiger partial charge in [0.15, 0.2) is 11.6 Å². The summed E-state index contributed by atoms with van der Waals surface area (Å²) in [4.78, 5) is 0. The summed E-state index contributed by atoms with van der Waals surface area (Å²) in [7, 11) is 1.64. The highest BCUT2D eigenvalue weighted by Gasteiger charge is 2.07. The van der Waals surface area contributed by atoms with E-state index in [1.807, 2.05) is 25.1 Å². The summed E-state index contributed by atoms with van der Waals surface area (Å²) in [6, 6.07) is 7.49. The van der Waals surface area contributed by atoms with E-state index in [1.54, 1.807) is 13.2 Å². The molecule has 0 aliphatic rings. The van der Waals surface area contributed by atoms with E-state index in [4.69, 9.17) is 15.0 Å². The van der Waals surface area contributed by atoms with E-state index in [9.17, 15) is 0 Å². The summed E-state index contributed by atoms with van der Waals surface area (Å²) in [5.74, 6) is 1.85. The molecule has 0 atom stereocenters. The maximum Gasteiger partial charge on any atom is 0.169 e. The molecule has 4 heteroatoms. The van der Waals surface area contributed by atoms with Crippen molar-refractivity contribution in [1.29, 1.82) is 0 Å². The number of rotatable bonds is 2. The van der Waals surface area contributed by atoms with Crippen molar-refractivity contribution in [3.05, 3.63) is 29.8 Å². The summed E-state index contributed by atoms with van der Waals surface area (Å²) in [5, 5.41) is 3.63. The molecule has 1 heterocycles. The molecule has 0 saturated carbocycles. The van der Waals surface area contributed by atoms with Crippen molar-refractivity contribution in [3.8, 4) is 17.1 Å². The number of nitrogens with two attached hydrogens (primary N) is 1. The lowest BCUT2D eigenvalue weighted by Gasteiger charge is -2.05. The van der Waals surface area contributed by atoms with Crippen LogP contribution in [0.2, 0.25) is 0 Å². The normalized spacial score (nSPS) is 10.3. The molecule has 1 aromatic heterocycles. The monoisotopic (exact) mass is 204 g/mol. The highest BCUT2D eigenvalue weighted by Crippen LogP contribution is 2.27. The molecular formula is C11H12N2O2. The molecule has 4 nitrogen and oxygen atoms in total. The maximum atomic E-state index is 5.48.